The van der Waals surface area contributed by atoms with E-state index in [-0.39, 0.29) is 0 Å². The van der Waals surface area contributed by atoms with E-state index in [1.807, 2.05) is 12.3 Å². The number of aromatic nitrogens is 2. The number of likely N-dealkylation sites (tertiary alicyclic amines) is 1. The average molecular weight is 229 g/mol. The fraction of sp³-hybridized carbons (Fsp3) is 0.500. The molecule has 1 aliphatic rings. The zero-order valence-electron chi connectivity index (χ0n) is 10.5. The molecule has 2 aromatic rings. The Morgan fingerprint density at radius 1 is 1.35 bits per heavy atom. The highest BCUT2D eigenvalue weighted by molar-refractivity contribution is 5.80. The smallest absolute Gasteiger partial charge is 0.0916 e. The Kier molecular flexibility index (Phi) is 2.63. The summed E-state index contributed by atoms with van der Waals surface area (Å²) >= 11 is 0. The predicted octanol–water partition coefficient (Wildman–Crippen LogP) is 2.68. The third-order valence-corrected chi connectivity index (χ3v) is 3.92. The Labute approximate surface area is 102 Å². The summed E-state index contributed by atoms with van der Waals surface area (Å²) in [4.78, 5) is 10.4. The summed E-state index contributed by atoms with van der Waals surface area (Å²) in [6, 6.07) is 4.12. The van der Waals surface area contributed by atoms with E-state index >= 15 is 0 Å². The molecule has 3 nitrogen and oxygen atoms in total. The molecular weight excluding hydrogens is 210 g/mol. The Morgan fingerprint density at radius 2 is 2.12 bits per heavy atom. The molecule has 2 aromatic heterocycles. The molecule has 0 aliphatic carbocycles. The van der Waals surface area contributed by atoms with Crippen molar-refractivity contribution in [2.24, 2.45) is 0 Å². The van der Waals surface area contributed by atoms with E-state index in [9.17, 15) is 0 Å². The molecule has 3 heteroatoms. The summed E-state index contributed by atoms with van der Waals surface area (Å²) in [6.07, 6.45) is 4.40. The van der Waals surface area contributed by atoms with Crippen LogP contribution >= 0.6 is 0 Å². The maximum absolute atomic E-state index is 4.55. The van der Waals surface area contributed by atoms with Crippen LogP contribution in [0.15, 0.2) is 18.3 Å². The van der Waals surface area contributed by atoms with Crippen LogP contribution in [0.25, 0.3) is 11.0 Å². The molecule has 0 bridgehead atoms. The lowest BCUT2D eigenvalue weighted by molar-refractivity contribution is 0.255. The van der Waals surface area contributed by atoms with Gasteiger partial charge >= 0.3 is 0 Å². The fourth-order valence-corrected chi connectivity index (χ4v) is 2.96. The van der Waals surface area contributed by atoms with Crippen LogP contribution < -0.4 is 0 Å². The minimum absolute atomic E-state index is 0.676. The number of nitrogens with one attached hydrogen (secondary N) is 1. The van der Waals surface area contributed by atoms with Gasteiger partial charge in [0, 0.05) is 17.5 Å². The van der Waals surface area contributed by atoms with E-state index in [2.05, 4.69) is 34.9 Å². The zero-order valence-corrected chi connectivity index (χ0v) is 10.5. The Hall–Kier alpha value is -1.35. The Morgan fingerprint density at radius 3 is 2.88 bits per heavy atom. The lowest BCUT2D eigenvalue weighted by atomic mass is 9.89. The number of hydrogen-bond acceptors (Lipinski definition) is 2. The first-order valence-electron chi connectivity index (χ1n) is 6.37. The van der Waals surface area contributed by atoms with Gasteiger partial charge in [-0.1, -0.05) is 0 Å². The summed E-state index contributed by atoms with van der Waals surface area (Å²) in [5.74, 6) is 0.676. The van der Waals surface area contributed by atoms with E-state index in [1.165, 1.54) is 48.2 Å². The second-order valence-corrected chi connectivity index (χ2v) is 5.14. The van der Waals surface area contributed by atoms with Gasteiger partial charge in [0.15, 0.2) is 0 Å². The lowest BCUT2D eigenvalue weighted by Gasteiger charge is -2.29. The van der Waals surface area contributed by atoms with Gasteiger partial charge in [-0.3, -0.25) is 4.98 Å². The van der Waals surface area contributed by atoms with Gasteiger partial charge in [0.05, 0.1) is 11.0 Å². The molecule has 3 heterocycles. The number of nitrogens with zero attached hydrogens (tertiary/aromatic N) is 2. The summed E-state index contributed by atoms with van der Waals surface area (Å²) in [5.41, 5.74) is 5.11. The number of hydrogen-bond donors (Lipinski definition) is 1. The second-order valence-electron chi connectivity index (χ2n) is 5.14. The monoisotopic (exact) mass is 229 g/mol. The number of aromatic amines is 1. The molecule has 90 valence electrons. The first kappa shape index (κ1) is 10.8. The molecule has 0 spiro atoms. The van der Waals surface area contributed by atoms with Gasteiger partial charge in [-0.25, -0.2) is 0 Å². The molecule has 1 saturated heterocycles. The van der Waals surface area contributed by atoms with Crippen LogP contribution in [-0.2, 0) is 0 Å². The summed E-state index contributed by atoms with van der Waals surface area (Å²) in [6.45, 7) is 4.57. The number of H-pyrrole nitrogens is 1. The second kappa shape index (κ2) is 4.15. The average Bonchev–Trinajstić information content (AvgIpc) is 2.66. The van der Waals surface area contributed by atoms with Gasteiger partial charge in [0.25, 0.3) is 0 Å². The van der Waals surface area contributed by atoms with Crippen LogP contribution in [0.2, 0.25) is 0 Å². The topological polar surface area (TPSA) is 31.9 Å². The molecule has 1 N–H and O–H groups in total. The van der Waals surface area contributed by atoms with Crippen LogP contribution in [0, 0.1) is 6.92 Å². The van der Waals surface area contributed by atoms with Crippen molar-refractivity contribution >= 4 is 11.0 Å². The first-order valence-corrected chi connectivity index (χ1v) is 6.37. The van der Waals surface area contributed by atoms with Gasteiger partial charge in [-0.15, -0.1) is 0 Å². The van der Waals surface area contributed by atoms with E-state index < -0.39 is 0 Å². The summed E-state index contributed by atoms with van der Waals surface area (Å²) in [5, 5.41) is 0. The van der Waals surface area contributed by atoms with E-state index in [4.69, 9.17) is 0 Å². The van der Waals surface area contributed by atoms with Gasteiger partial charge in [-0.05, 0) is 58.0 Å². The first-order chi connectivity index (χ1) is 8.25. The highest BCUT2D eigenvalue weighted by Gasteiger charge is 2.23. The molecule has 1 aliphatic heterocycles. The number of fused-ring (bicyclic) bond motifs is 1. The van der Waals surface area contributed by atoms with Crippen LogP contribution in [-0.4, -0.2) is 35.0 Å². The Bertz CT molecular complexity index is 521. The van der Waals surface area contributed by atoms with Crippen LogP contribution in [0.4, 0.5) is 0 Å². The van der Waals surface area contributed by atoms with Crippen molar-refractivity contribution in [3.05, 3.63) is 29.6 Å². The van der Waals surface area contributed by atoms with Crippen molar-refractivity contribution in [3.63, 3.8) is 0 Å². The highest BCUT2D eigenvalue weighted by Crippen LogP contribution is 2.34. The third kappa shape index (κ3) is 1.84. The van der Waals surface area contributed by atoms with E-state index in [0.29, 0.717) is 5.92 Å². The van der Waals surface area contributed by atoms with Crippen LogP contribution in [0.5, 0.6) is 0 Å². The number of aryl methyl sites for hydroxylation is 1. The van der Waals surface area contributed by atoms with E-state index in [0.717, 1.165) is 0 Å². The fourth-order valence-electron chi connectivity index (χ4n) is 2.96. The molecule has 0 atom stereocenters. The predicted molar refractivity (Wildman–Crippen MR) is 70.3 cm³/mol. The molecule has 0 saturated carbocycles. The highest BCUT2D eigenvalue weighted by atomic mass is 15.1. The van der Waals surface area contributed by atoms with Crippen molar-refractivity contribution in [3.8, 4) is 0 Å². The van der Waals surface area contributed by atoms with Crippen molar-refractivity contribution in [1.82, 2.24) is 14.9 Å². The number of pyridine rings is 1. The summed E-state index contributed by atoms with van der Waals surface area (Å²) < 4.78 is 0. The van der Waals surface area contributed by atoms with Crippen molar-refractivity contribution in [1.29, 1.82) is 0 Å². The lowest BCUT2D eigenvalue weighted by Crippen LogP contribution is -2.29. The largest absolute Gasteiger partial charge is 0.357 e. The van der Waals surface area contributed by atoms with Crippen molar-refractivity contribution in [2.45, 2.75) is 25.7 Å². The van der Waals surface area contributed by atoms with Gasteiger partial charge in [-0.2, -0.15) is 0 Å². The van der Waals surface area contributed by atoms with Gasteiger partial charge < -0.3 is 9.88 Å². The van der Waals surface area contributed by atoms with Crippen LogP contribution in [0.3, 0.4) is 0 Å². The normalized spacial score (nSPS) is 18.9. The molecule has 0 amide bonds. The summed E-state index contributed by atoms with van der Waals surface area (Å²) in [7, 11) is 2.20. The minimum atomic E-state index is 0.676. The molecule has 3 rings (SSSR count). The maximum Gasteiger partial charge on any atom is 0.0916 e. The minimum Gasteiger partial charge on any atom is -0.357 e. The molecule has 0 unspecified atom stereocenters. The zero-order chi connectivity index (χ0) is 11.8. The van der Waals surface area contributed by atoms with Gasteiger partial charge in [0.2, 0.25) is 0 Å². The van der Waals surface area contributed by atoms with Crippen molar-refractivity contribution in [2.75, 3.05) is 20.1 Å². The molecule has 0 radical (unpaired) electrons. The van der Waals surface area contributed by atoms with E-state index in [1.54, 1.807) is 0 Å². The van der Waals surface area contributed by atoms with Gasteiger partial charge in [0.1, 0.15) is 0 Å². The molecule has 17 heavy (non-hydrogen) atoms. The molecule has 0 aromatic carbocycles. The number of rotatable bonds is 1. The number of piperidine rings is 1. The third-order valence-electron chi connectivity index (χ3n) is 3.92. The SMILES string of the molecule is Cc1[nH]c2cccnc2c1C1CCN(C)CC1. The molecule has 1 fully saturated rings. The standard InChI is InChI=1S/C14H19N3/c1-10-13(11-5-8-17(2)9-6-11)14-12(16-10)4-3-7-15-14/h3-4,7,11,16H,5-6,8-9H2,1-2H3. The maximum atomic E-state index is 4.55. The molecular formula is C14H19N3. The van der Waals surface area contributed by atoms with Crippen molar-refractivity contribution < 1.29 is 0 Å². The van der Waals surface area contributed by atoms with Crippen LogP contribution in [0.1, 0.15) is 30.0 Å². The quantitative estimate of drug-likeness (QED) is 0.815. The Balaban J connectivity index is 2.02.